The third-order valence-corrected chi connectivity index (χ3v) is 2.67. The fraction of sp³-hybridized carbons (Fsp3) is 0.429. The summed E-state index contributed by atoms with van der Waals surface area (Å²) in [5.74, 6) is 0.612. The molecular formula is C14H20. The second kappa shape index (κ2) is 4.99. The molecule has 0 aromatic heterocycles. The zero-order valence-electron chi connectivity index (χ0n) is 9.51. The summed E-state index contributed by atoms with van der Waals surface area (Å²) in [6, 6.07) is 8.77. The second-order valence-corrected chi connectivity index (χ2v) is 4.30. The van der Waals surface area contributed by atoms with Crippen LogP contribution >= 0.6 is 0 Å². The van der Waals surface area contributed by atoms with Gasteiger partial charge in [0.05, 0.1) is 0 Å². The van der Waals surface area contributed by atoms with E-state index in [0.717, 1.165) is 12.8 Å². The molecule has 0 fully saturated rings. The fourth-order valence-corrected chi connectivity index (χ4v) is 1.35. The van der Waals surface area contributed by atoms with Gasteiger partial charge in [0.15, 0.2) is 0 Å². The minimum atomic E-state index is 0.612. The van der Waals surface area contributed by atoms with Crippen LogP contribution in [0.15, 0.2) is 36.4 Å². The number of allylic oxidation sites excluding steroid dienone is 1. The molecule has 0 atom stereocenters. The smallest absolute Gasteiger partial charge is 0.0241 e. The Balaban J connectivity index is 2.46. The Labute approximate surface area is 87.7 Å². The molecule has 0 saturated carbocycles. The van der Waals surface area contributed by atoms with Crippen molar-refractivity contribution in [2.45, 2.75) is 33.6 Å². The molecule has 0 nitrogen and oxygen atoms in total. The molecule has 0 bridgehead atoms. The van der Waals surface area contributed by atoms with E-state index in [9.17, 15) is 0 Å². The summed E-state index contributed by atoms with van der Waals surface area (Å²) in [5, 5.41) is 0. The van der Waals surface area contributed by atoms with Gasteiger partial charge in [-0.25, -0.2) is 0 Å². The van der Waals surface area contributed by atoms with Gasteiger partial charge in [0.2, 0.25) is 0 Å². The number of hydrogen-bond acceptors (Lipinski definition) is 0. The molecular weight excluding hydrogens is 168 g/mol. The zero-order valence-corrected chi connectivity index (χ0v) is 9.51. The molecule has 0 heteroatoms. The summed E-state index contributed by atoms with van der Waals surface area (Å²) >= 11 is 0. The van der Waals surface area contributed by atoms with Crippen molar-refractivity contribution in [1.29, 1.82) is 0 Å². The van der Waals surface area contributed by atoms with Crippen LogP contribution in [0.1, 0.15) is 31.4 Å². The van der Waals surface area contributed by atoms with Crippen molar-refractivity contribution >= 4 is 0 Å². The Morgan fingerprint density at radius 1 is 1.21 bits per heavy atom. The van der Waals surface area contributed by atoms with Crippen LogP contribution in [-0.2, 0) is 6.42 Å². The normalized spacial score (nSPS) is 10.6. The first-order valence-electron chi connectivity index (χ1n) is 5.33. The van der Waals surface area contributed by atoms with Crippen molar-refractivity contribution in [2.75, 3.05) is 0 Å². The Morgan fingerprint density at radius 2 is 1.79 bits per heavy atom. The largest absolute Gasteiger partial charge is 0.0996 e. The monoisotopic (exact) mass is 188 g/mol. The number of rotatable bonds is 4. The van der Waals surface area contributed by atoms with E-state index in [1.54, 1.807) is 0 Å². The van der Waals surface area contributed by atoms with Crippen molar-refractivity contribution in [2.24, 2.45) is 5.92 Å². The molecule has 0 aliphatic carbocycles. The van der Waals surface area contributed by atoms with Gasteiger partial charge in [-0.2, -0.15) is 0 Å². The molecule has 0 aliphatic rings. The fourth-order valence-electron chi connectivity index (χ4n) is 1.35. The van der Waals surface area contributed by atoms with E-state index >= 15 is 0 Å². The van der Waals surface area contributed by atoms with Crippen LogP contribution in [0.2, 0.25) is 0 Å². The SMILES string of the molecule is C=C(CCc1ccc(C)cc1)C(C)C. The van der Waals surface area contributed by atoms with Crippen LogP contribution in [0.3, 0.4) is 0 Å². The Bertz CT molecular complexity index is 290. The van der Waals surface area contributed by atoms with E-state index in [4.69, 9.17) is 0 Å². The van der Waals surface area contributed by atoms with Crippen LogP contribution in [0.4, 0.5) is 0 Å². The molecule has 1 aromatic rings. The lowest BCUT2D eigenvalue weighted by molar-refractivity contribution is 0.713. The number of hydrogen-bond donors (Lipinski definition) is 0. The molecule has 0 unspecified atom stereocenters. The van der Waals surface area contributed by atoms with Crippen molar-refractivity contribution in [1.82, 2.24) is 0 Å². The number of benzene rings is 1. The zero-order chi connectivity index (χ0) is 10.6. The van der Waals surface area contributed by atoms with Crippen molar-refractivity contribution in [3.63, 3.8) is 0 Å². The van der Waals surface area contributed by atoms with Gasteiger partial charge in [0.1, 0.15) is 0 Å². The van der Waals surface area contributed by atoms with E-state index in [1.807, 2.05) is 0 Å². The minimum Gasteiger partial charge on any atom is -0.0996 e. The molecule has 0 radical (unpaired) electrons. The van der Waals surface area contributed by atoms with Gasteiger partial charge in [-0.15, -0.1) is 0 Å². The lowest BCUT2D eigenvalue weighted by Gasteiger charge is -2.09. The highest BCUT2D eigenvalue weighted by Gasteiger charge is 2.00. The van der Waals surface area contributed by atoms with Crippen molar-refractivity contribution in [3.05, 3.63) is 47.5 Å². The van der Waals surface area contributed by atoms with Crippen LogP contribution < -0.4 is 0 Å². The lowest BCUT2D eigenvalue weighted by atomic mass is 9.97. The van der Waals surface area contributed by atoms with E-state index in [1.165, 1.54) is 16.7 Å². The first-order valence-corrected chi connectivity index (χ1v) is 5.33. The van der Waals surface area contributed by atoms with Crippen LogP contribution in [0, 0.1) is 12.8 Å². The van der Waals surface area contributed by atoms with E-state index in [-0.39, 0.29) is 0 Å². The molecule has 14 heavy (non-hydrogen) atoms. The van der Waals surface area contributed by atoms with Crippen LogP contribution in [0.25, 0.3) is 0 Å². The molecule has 76 valence electrons. The quantitative estimate of drug-likeness (QED) is 0.623. The molecule has 0 N–H and O–H groups in total. The maximum atomic E-state index is 4.09. The maximum Gasteiger partial charge on any atom is -0.0241 e. The van der Waals surface area contributed by atoms with Crippen molar-refractivity contribution in [3.8, 4) is 0 Å². The van der Waals surface area contributed by atoms with Gasteiger partial charge < -0.3 is 0 Å². The molecule has 0 aliphatic heterocycles. The van der Waals surface area contributed by atoms with Gasteiger partial charge in [-0.05, 0) is 31.2 Å². The standard InChI is InChI=1S/C14H20/c1-11(2)13(4)7-10-14-8-5-12(3)6-9-14/h5-6,8-9,11H,4,7,10H2,1-3H3. The molecule has 0 saturated heterocycles. The molecule has 0 spiro atoms. The second-order valence-electron chi connectivity index (χ2n) is 4.30. The predicted octanol–water partition coefficient (Wildman–Crippen LogP) is 4.14. The van der Waals surface area contributed by atoms with Gasteiger partial charge in [0.25, 0.3) is 0 Å². The minimum absolute atomic E-state index is 0.612. The maximum absolute atomic E-state index is 4.09. The Hall–Kier alpha value is -1.04. The average Bonchev–Trinajstić information content (AvgIpc) is 2.16. The summed E-state index contributed by atoms with van der Waals surface area (Å²) in [4.78, 5) is 0. The predicted molar refractivity (Wildman–Crippen MR) is 63.5 cm³/mol. The highest BCUT2D eigenvalue weighted by atomic mass is 14.1. The third kappa shape index (κ3) is 3.37. The van der Waals surface area contributed by atoms with Gasteiger partial charge in [-0.3, -0.25) is 0 Å². The topological polar surface area (TPSA) is 0 Å². The average molecular weight is 188 g/mol. The Morgan fingerprint density at radius 3 is 2.29 bits per heavy atom. The van der Waals surface area contributed by atoms with Gasteiger partial charge in [-0.1, -0.05) is 55.8 Å². The number of aryl methyl sites for hydroxylation is 2. The molecule has 1 rings (SSSR count). The van der Waals surface area contributed by atoms with E-state index < -0.39 is 0 Å². The van der Waals surface area contributed by atoms with Gasteiger partial charge in [0, 0.05) is 0 Å². The van der Waals surface area contributed by atoms with Crippen LogP contribution in [-0.4, -0.2) is 0 Å². The summed E-state index contributed by atoms with van der Waals surface area (Å²) in [6.45, 7) is 10.6. The van der Waals surface area contributed by atoms with Gasteiger partial charge >= 0.3 is 0 Å². The Kier molecular flexibility index (Phi) is 3.94. The molecule has 0 heterocycles. The highest BCUT2D eigenvalue weighted by Crippen LogP contribution is 2.15. The summed E-state index contributed by atoms with van der Waals surface area (Å²) < 4.78 is 0. The molecule has 0 amide bonds. The summed E-state index contributed by atoms with van der Waals surface area (Å²) in [6.07, 6.45) is 2.23. The summed E-state index contributed by atoms with van der Waals surface area (Å²) in [7, 11) is 0. The van der Waals surface area contributed by atoms with E-state index in [2.05, 4.69) is 51.6 Å². The van der Waals surface area contributed by atoms with E-state index in [0.29, 0.717) is 5.92 Å². The van der Waals surface area contributed by atoms with Crippen LogP contribution in [0.5, 0.6) is 0 Å². The first-order chi connectivity index (χ1) is 6.59. The van der Waals surface area contributed by atoms with Crippen molar-refractivity contribution < 1.29 is 0 Å². The summed E-state index contributed by atoms with van der Waals surface area (Å²) in [5.41, 5.74) is 4.10. The lowest BCUT2D eigenvalue weighted by Crippen LogP contribution is -1.95. The highest BCUT2D eigenvalue weighted by molar-refractivity contribution is 5.22. The first kappa shape index (κ1) is 11.0. The molecule has 1 aromatic carbocycles. The third-order valence-electron chi connectivity index (χ3n) is 2.67.